The van der Waals surface area contributed by atoms with E-state index < -0.39 is 0 Å². The van der Waals surface area contributed by atoms with Crippen molar-refractivity contribution in [3.05, 3.63) is 23.8 Å². The highest BCUT2D eigenvalue weighted by atomic mass is 14.8. The Labute approximate surface area is 88.8 Å². The van der Waals surface area contributed by atoms with Crippen molar-refractivity contribution in [1.82, 2.24) is 9.97 Å². The van der Waals surface area contributed by atoms with Crippen LogP contribution < -0.4 is 0 Å². The minimum Gasteiger partial charge on any atom is -0.258 e. The number of aromatic nitrogens is 2. The van der Waals surface area contributed by atoms with Gasteiger partial charge in [0.1, 0.15) is 0 Å². The van der Waals surface area contributed by atoms with Gasteiger partial charge in [-0.1, -0.05) is 34.6 Å². The molecule has 0 saturated carbocycles. The Morgan fingerprint density at radius 1 is 0.857 bits per heavy atom. The molecule has 1 aromatic rings. The molecule has 0 bridgehead atoms. The van der Waals surface area contributed by atoms with Crippen LogP contribution in [0.1, 0.15) is 46.0 Å². The number of rotatable bonds is 0. The molecule has 1 heterocycles. The SMILES string of the molecule is CC.CC(C)C.Cc1nccnc1C. The summed E-state index contributed by atoms with van der Waals surface area (Å²) in [5.74, 6) is 0.833. The molecule has 2 heteroatoms. The van der Waals surface area contributed by atoms with E-state index in [1.165, 1.54) is 0 Å². The summed E-state index contributed by atoms with van der Waals surface area (Å²) in [5.41, 5.74) is 2.01. The van der Waals surface area contributed by atoms with Gasteiger partial charge in [-0.25, -0.2) is 0 Å². The molecule has 2 nitrogen and oxygen atoms in total. The standard InChI is InChI=1S/C6H8N2.C4H10.C2H6/c1-5-6(2)8-4-3-7-5;1-4(2)3;1-2/h3-4H,1-2H3;4H,1-3H3;1-2H3. The fourth-order valence-corrected chi connectivity index (χ4v) is 0.477. The Kier molecular flexibility index (Phi) is 11.3. The molecule has 0 amide bonds. The molecule has 0 aliphatic rings. The van der Waals surface area contributed by atoms with Gasteiger partial charge in [-0.2, -0.15) is 0 Å². The van der Waals surface area contributed by atoms with Crippen molar-refractivity contribution in [2.24, 2.45) is 5.92 Å². The Balaban J connectivity index is 0. The average molecular weight is 196 g/mol. The molecule has 14 heavy (non-hydrogen) atoms. The van der Waals surface area contributed by atoms with E-state index in [2.05, 4.69) is 30.7 Å². The molecule has 0 unspecified atom stereocenters. The van der Waals surface area contributed by atoms with Gasteiger partial charge in [-0.3, -0.25) is 9.97 Å². The first-order valence-electron chi connectivity index (χ1n) is 5.28. The summed E-state index contributed by atoms with van der Waals surface area (Å²) in [5, 5.41) is 0. The summed E-state index contributed by atoms with van der Waals surface area (Å²) in [6, 6.07) is 0. The molecular weight excluding hydrogens is 172 g/mol. The van der Waals surface area contributed by atoms with Gasteiger partial charge in [0.05, 0.1) is 11.4 Å². The molecule has 0 fully saturated rings. The minimum atomic E-state index is 0.833. The highest BCUT2D eigenvalue weighted by Gasteiger charge is 1.87. The lowest BCUT2D eigenvalue weighted by atomic mass is 10.3. The van der Waals surface area contributed by atoms with Crippen LogP contribution in [0.15, 0.2) is 12.4 Å². The van der Waals surface area contributed by atoms with Crippen LogP contribution in [0.25, 0.3) is 0 Å². The summed E-state index contributed by atoms with van der Waals surface area (Å²) in [6.45, 7) is 14.4. The molecule has 82 valence electrons. The van der Waals surface area contributed by atoms with Gasteiger partial charge in [-0.15, -0.1) is 0 Å². The largest absolute Gasteiger partial charge is 0.258 e. The predicted molar refractivity (Wildman–Crippen MR) is 63.4 cm³/mol. The van der Waals surface area contributed by atoms with E-state index in [1.54, 1.807) is 12.4 Å². The summed E-state index contributed by atoms with van der Waals surface area (Å²) in [4.78, 5) is 8.03. The molecular formula is C12H24N2. The Hall–Kier alpha value is -0.920. The zero-order chi connectivity index (χ0) is 11.6. The van der Waals surface area contributed by atoms with Crippen molar-refractivity contribution in [3.8, 4) is 0 Å². The Morgan fingerprint density at radius 2 is 1.07 bits per heavy atom. The predicted octanol–water partition coefficient (Wildman–Crippen LogP) is 3.78. The van der Waals surface area contributed by atoms with E-state index in [0.717, 1.165) is 17.3 Å². The van der Waals surface area contributed by atoms with Crippen LogP contribution in [-0.4, -0.2) is 9.97 Å². The third-order valence-corrected chi connectivity index (χ3v) is 1.13. The maximum absolute atomic E-state index is 4.02. The quantitative estimate of drug-likeness (QED) is 0.631. The first-order chi connectivity index (χ1) is 6.54. The number of hydrogen-bond acceptors (Lipinski definition) is 2. The van der Waals surface area contributed by atoms with Crippen molar-refractivity contribution < 1.29 is 0 Å². The fourth-order valence-electron chi connectivity index (χ4n) is 0.477. The molecule has 0 N–H and O–H groups in total. The lowest BCUT2D eigenvalue weighted by molar-refractivity contribution is 0.737. The van der Waals surface area contributed by atoms with Gasteiger partial charge in [0.25, 0.3) is 0 Å². The molecule has 1 aromatic heterocycles. The molecule has 0 spiro atoms. The average Bonchev–Trinajstić information content (AvgIpc) is 2.13. The smallest absolute Gasteiger partial charge is 0.0584 e. The van der Waals surface area contributed by atoms with Crippen molar-refractivity contribution in [2.75, 3.05) is 0 Å². The van der Waals surface area contributed by atoms with Crippen molar-refractivity contribution in [3.63, 3.8) is 0 Å². The van der Waals surface area contributed by atoms with Gasteiger partial charge < -0.3 is 0 Å². The van der Waals surface area contributed by atoms with Crippen LogP contribution in [-0.2, 0) is 0 Å². The summed E-state index contributed by atoms with van der Waals surface area (Å²) < 4.78 is 0. The summed E-state index contributed by atoms with van der Waals surface area (Å²) in [6.07, 6.45) is 3.39. The number of nitrogens with zero attached hydrogens (tertiary/aromatic N) is 2. The monoisotopic (exact) mass is 196 g/mol. The maximum atomic E-state index is 4.02. The van der Waals surface area contributed by atoms with Crippen LogP contribution >= 0.6 is 0 Å². The van der Waals surface area contributed by atoms with Gasteiger partial charge in [0.2, 0.25) is 0 Å². The van der Waals surface area contributed by atoms with Gasteiger partial charge in [0.15, 0.2) is 0 Å². The van der Waals surface area contributed by atoms with Crippen LogP contribution in [0, 0.1) is 19.8 Å². The van der Waals surface area contributed by atoms with Gasteiger partial charge in [0, 0.05) is 12.4 Å². The lowest BCUT2D eigenvalue weighted by Crippen LogP contribution is -1.87. The second-order valence-electron chi connectivity index (χ2n) is 3.46. The summed E-state index contributed by atoms with van der Waals surface area (Å²) >= 11 is 0. The van der Waals surface area contributed by atoms with Crippen molar-refractivity contribution in [2.45, 2.75) is 48.5 Å². The second-order valence-corrected chi connectivity index (χ2v) is 3.46. The third-order valence-electron chi connectivity index (χ3n) is 1.13. The fraction of sp³-hybridized carbons (Fsp3) is 0.667. The number of aryl methyl sites for hydroxylation is 2. The Morgan fingerprint density at radius 3 is 1.21 bits per heavy atom. The first-order valence-corrected chi connectivity index (χ1v) is 5.28. The zero-order valence-corrected chi connectivity index (χ0v) is 10.6. The van der Waals surface area contributed by atoms with Crippen LogP contribution in [0.2, 0.25) is 0 Å². The van der Waals surface area contributed by atoms with Crippen molar-refractivity contribution >= 4 is 0 Å². The molecule has 0 aliphatic heterocycles. The molecule has 1 rings (SSSR count). The van der Waals surface area contributed by atoms with E-state index in [-0.39, 0.29) is 0 Å². The second kappa shape index (κ2) is 10.2. The third kappa shape index (κ3) is 11.1. The minimum absolute atomic E-state index is 0.833. The maximum Gasteiger partial charge on any atom is 0.0584 e. The highest BCUT2D eigenvalue weighted by molar-refractivity contribution is 5.04. The van der Waals surface area contributed by atoms with E-state index in [9.17, 15) is 0 Å². The van der Waals surface area contributed by atoms with E-state index in [0.29, 0.717) is 0 Å². The molecule has 0 saturated heterocycles. The van der Waals surface area contributed by atoms with Gasteiger partial charge >= 0.3 is 0 Å². The van der Waals surface area contributed by atoms with Crippen LogP contribution in [0.3, 0.4) is 0 Å². The normalized spacial score (nSPS) is 8.29. The van der Waals surface area contributed by atoms with Crippen LogP contribution in [0.5, 0.6) is 0 Å². The molecule has 0 aliphatic carbocycles. The summed E-state index contributed by atoms with van der Waals surface area (Å²) in [7, 11) is 0. The van der Waals surface area contributed by atoms with E-state index in [4.69, 9.17) is 0 Å². The van der Waals surface area contributed by atoms with Gasteiger partial charge in [-0.05, 0) is 19.8 Å². The van der Waals surface area contributed by atoms with Crippen molar-refractivity contribution in [1.29, 1.82) is 0 Å². The molecule has 0 atom stereocenters. The zero-order valence-electron chi connectivity index (χ0n) is 10.6. The highest BCUT2D eigenvalue weighted by Crippen LogP contribution is 1.93. The van der Waals surface area contributed by atoms with Crippen LogP contribution in [0.4, 0.5) is 0 Å². The Bertz CT molecular complexity index is 196. The first kappa shape index (κ1) is 15.5. The van der Waals surface area contributed by atoms with E-state index in [1.807, 2.05) is 27.7 Å². The topological polar surface area (TPSA) is 25.8 Å². The molecule has 0 radical (unpaired) electrons. The number of hydrogen-bond donors (Lipinski definition) is 0. The van der Waals surface area contributed by atoms with E-state index >= 15 is 0 Å². The molecule has 0 aromatic carbocycles. The lowest BCUT2D eigenvalue weighted by Gasteiger charge is -1.91.